The Hall–Kier alpha value is -2.37. The molecule has 1 saturated heterocycles. The zero-order valence-corrected chi connectivity index (χ0v) is 19.8. The Morgan fingerprint density at radius 2 is 1.78 bits per heavy atom. The average Bonchev–Trinajstić information content (AvgIpc) is 2.76. The summed E-state index contributed by atoms with van der Waals surface area (Å²) >= 11 is 0. The van der Waals surface area contributed by atoms with E-state index < -0.39 is 28.0 Å². The Morgan fingerprint density at radius 3 is 2.31 bits per heavy atom. The third-order valence-electron chi connectivity index (χ3n) is 4.87. The summed E-state index contributed by atoms with van der Waals surface area (Å²) in [4.78, 5) is 24.0. The molecule has 1 aliphatic heterocycles. The molecule has 0 aliphatic carbocycles. The van der Waals surface area contributed by atoms with E-state index in [1.807, 2.05) is 13.8 Å². The van der Waals surface area contributed by atoms with Crippen LogP contribution in [0.25, 0.3) is 0 Å². The number of benzene rings is 1. The molecule has 1 fully saturated rings. The van der Waals surface area contributed by atoms with Crippen molar-refractivity contribution in [2.24, 2.45) is 22.2 Å². The quantitative estimate of drug-likeness (QED) is 0.378. The van der Waals surface area contributed by atoms with Crippen molar-refractivity contribution in [2.75, 3.05) is 26.3 Å². The van der Waals surface area contributed by atoms with Gasteiger partial charge in [0.05, 0.1) is 42.9 Å². The maximum absolute atomic E-state index is 12.9. The molecule has 11 heteroatoms. The number of aldehydes is 1. The molecular weight excluding hydrogens is 434 g/mol. The van der Waals surface area contributed by atoms with Crippen molar-refractivity contribution in [1.82, 2.24) is 15.0 Å². The minimum Gasteiger partial charge on any atom is -0.378 e. The largest absolute Gasteiger partial charge is 0.378 e. The van der Waals surface area contributed by atoms with Gasteiger partial charge < -0.3 is 14.8 Å². The number of hydrogen-bond acceptors (Lipinski definition) is 7. The Labute approximate surface area is 189 Å². The lowest BCUT2D eigenvalue weighted by Gasteiger charge is -2.24. The second-order valence-electron chi connectivity index (χ2n) is 8.47. The van der Waals surface area contributed by atoms with Gasteiger partial charge >= 0.3 is 0 Å². The third kappa shape index (κ3) is 7.95. The fourth-order valence-electron chi connectivity index (χ4n) is 3.11. The van der Waals surface area contributed by atoms with Crippen molar-refractivity contribution in [2.45, 2.75) is 51.1 Å². The molecule has 2 N–H and O–H groups in total. The van der Waals surface area contributed by atoms with E-state index in [0.717, 1.165) is 0 Å². The van der Waals surface area contributed by atoms with Gasteiger partial charge in [-0.25, -0.2) is 8.42 Å². The molecule has 1 heterocycles. The van der Waals surface area contributed by atoms with Gasteiger partial charge in [0, 0.05) is 0 Å². The Balaban J connectivity index is 2.07. The molecule has 32 heavy (non-hydrogen) atoms. The molecule has 1 aliphatic rings. The van der Waals surface area contributed by atoms with E-state index >= 15 is 0 Å². The summed E-state index contributed by atoms with van der Waals surface area (Å²) in [5.74, 6) is -0.645. The molecule has 1 amide bonds. The summed E-state index contributed by atoms with van der Waals surface area (Å²) in [7, 11) is -3.97. The van der Waals surface area contributed by atoms with Gasteiger partial charge in [-0.15, -0.1) is 5.11 Å². The van der Waals surface area contributed by atoms with Crippen molar-refractivity contribution < 1.29 is 22.7 Å². The van der Waals surface area contributed by atoms with Gasteiger partial charge in [-0.2, -0.15) is 4.72 Å². The SMILES string of the molecule is CC(C)C[C@@H](C=O)NC(=O)[C@@H](NS(=O)(=O)c1ccc(N=NN2CCOCC2)cc1)C(C)C. The highest BCUT2D eigenvalue weighted by atomic mass is 32.2. The van der Waals surface area contributed by atoms with E-state index in [4.69, 9.17) is 4.74 Å². The monoisotopic (exact) mass is 467 g/mol. The zero-order valence-electron chi connectivity index (χ0n) is 19.0. The molecule has 1 aromatic carbocycles. The second kappa shape index (κ2) is 12.0. The van der Waals surface area contributed by atoms with Crippen LogP contribution in [-0.4, -0.2) is 64.0 Å². The smallest absolute Gasteiger partial charge is 0.241 e. The highest BCUT2D eigenvalue weighted by Crippen LogP contribution is 2.19. The lowest BCUT2D eigenvalue weighted by Crippen LogP contribution is -2.52. The normalized spacial score (nSPS) is 17.0. The van der Waals surface area contributed by atoms with Crippen molar-refractivity contribution in [3.63, 3.8) is 0 Å². The first kappa shape index (κ1) is 25.9. The van der Waals surface area contributed by atoms with Crippen LogP contribution in [0.1, 0.15) is 34.1 Å². The van der Waals surface area contributed by atoms with E-state index in [1.54, 1.807) is 31.0 Å². The number of rotatable bonds is 11. The summed E-state index contributed by atoms with van der Waals surface area (Å²) in [5, 5.41) is 12.7. The van der Waals surface area contributed by atoms with Crippen LogP contribution in [0.2, 0.25) is 0 Å². The minimum absolute atomic E-state index is 0.00962. The fourth-order valence-corrected chi connectivity index (χ4v) is 4.45. The van der Waals surface area contributed by atoms with Crippen molar-refractivity contribution in [3.05, 3.63) is 24.3 Å². The molecule has 1 aromatic rings. The van der Waals surface area contributed by atoms with Gasteiger partial charge in [-0.1, -0.05) is 32.9 Å². The summed E-state index contributed by atoms with van der Waals surface area (Å²) in [6, 6.07) is 4.25. The van der Waals surface area contributed by atoms with Crippen LogP contribution in [0, 0.1) is 11.8 Å². The predicted octanol–water partition coefficient (Wildman–Crippen LogP) is 2.05. The Morgan fingerprint density at radius 1 is 1.16 bits per heavy atom. The van der Waals surface area contributed by atoms with Crippen LogP contribution >= 0.6 is 0 Å². The lowest BCUT2D eigenvalue weighted by molar-refractivity contribution is -0.126. The molecule has 0 spiro atoms. The first-order valence-electron chi connectivity index (χ1n) is 10.7. The highest BCUT2D eigenvalue weighted by Gasteiger charge is 2.29. The second-order valence-corrected chi connectivity index (χ2v) is 10.2. The molecule has 178 valence electrons. The third-order valence-corrected chi connectivity index (χ3v) is 6.33. The van der Waals surface area contributed by atoms with Crippen LogP contribution in [0.3, 0.4) is 0 Å². The summed E-state index contributed by atoms with van der Waals surface area (Å²) < 4.78 is 33.4. The molecule has 0 saturated carbocycles. The minimum atomic E-state index is -3.97. The van der Waals surface area contributed by atoms with Crippen molar-refractivity contribution in [3.8, 4) is 0 Å². The fraction of sp³-hybridized carbons (Fsp3) is 0.619. The molecule has 10 nitrogen and oxygen atoms in total. The maximum Gasteiger partial charge on any atom is 0.241 e. The van der Waals surface area contributed by atoms with Gasteiger partial charge in [0.25, 0.3) is 0 Å². The van der Waals surface area contributed by atoms with Crippen LogP contribution in [0.4, 0.5) is 5.69 Å². The van der Waals surface area contributed by atoms with Crippen LogP contribution < -0.4 is 10.0 Å². The molecule has 0 aromatic heterocycles. The number of ether oxygens (including phenoxy) is 1. The lowest BCUT2D eigenvalue weighted by atomic mass is 10.0. The van der Waals surface area contributed by atoms with E-state index in [1.165, 1.54) is 12.1 Å². The van der Waals surface area contributed by atoms with Gasteiger partial charge in [0.1, 0.15) is 12.3 Å². The van der Waals surface area contributed by atoms with E-state index in [9.17, 15) is 18.0 Å². The Bertz CT molecular complexity index is 880. The van der Waals surface area contributed by atoms with Crippen LogP contribution in [0.5, 0.6) is 0 Å². The molecule has 2 atom stereocenters. The van der Waals surface area contributed by atoms with E-state index in [-0.39, 0.29) is 16.7 Å². The molecule has 2 rings (SSSR count). The first-order chi connectivity index (χ1) is 15.1. The maximum atomic E-state index is 12.9. The zero-order chi connectivity index (χ0) is 23.7. The average molecular weight is 468 g/mol. The van der Waals surface area contributed by atoms with Crippen molar-refractivity contribution >= 4 is 27.9 Å². The van der Waals surface area contributed by atoms with Gasteiger partial charge in [-0.05, 0) is 42.5 Å². The van der Waals surface area contributed by atoms with Crippen LogP contribution in [-0.2, 0) is 24.3 Å². The number of carbonyl (C=O) groups excluding carboxylic acids is 2. The molecular formula is C21H33N5O5S. The number of hydrogen-bond donors (Lipinski definition) is 2. The van der Waals surface area contributed by atoms with Gasteiger partial charge in [-0.3, -0.25) is 9.80 Å². The molecule has 0 bridgehead atoms. The summed E-state index contributed by atoms with van der Waals surface area (Å²) in [6.07, 6.45) is 1.15. The number of morpholine rings is 1. The van der Waals surface area contributed by atoms with Crippen molar-refractivity contribution in [1.29, 1.82) is 0 Å². The highest BCUT2D eigenvalue weighted by molar-refractivity contribution is 7.89. The van der Waals surface area contributed by atoms with Gasteiger partial charge in [0.2, 0.25) is 15.9 Å². The number of sulfonamides is 1. The summed E-state index contributed by atoms with van der Waals surface area (Å²) in [6.45, 7) is 9.85. The summed E-state index contributed by atoms with van der Waals surface area (Å²) in [5.41, 5.74) is 0.510. The number of carbonyl (C=O) groups is 2. The molecule has 0 unspecified atom stereocenters. The van der Waals surface area contributed by atoms with E-state index in [0.29, 0.717) is 44.7 Å². The first-order valence-corrected chi connectivity index (χ1v) is 12.2. The van der Waals surface area contributed by atoms with E-state index in [2.05, 4.69) is 20.4 Å². The standard InChI is InChI=1S/C21H33N5O5S/c1-15(2)13-18(14-27)22-21(28)20(16(3)4)24-32(29,30)19-7-5-17(6-8-19)23-25-26-9-11-31-12-10-26/h5-8,14-16,18,20,24H,9-13H2,1-4H3,(H,22,28)/t18-,20-/m0/s1. The molecule has 0 radical (unpaired) electrons. The topological polar surface area (TPSA) is 130 Å². The van der Waals surface area contributed by atoms with Crippen LogP contribution in [0.15, 0.2) is 39.5 Å². The Kier molecular flexibility index (Phi) is 9.73. The number of nitrogens with zero attached hydrogens (tertiary/aromatic N) is 3. The predicted molar refractivity (Wildman–Crippen MR) is 120 cm³/mol. The number of amides is 1. The van der Waals surface area contributed by atoms with Gasteiger partial charge in [0.15, 0.2) is 0 Å². The number of nitrogens with one attached hydrogen (secondary N) is 2.